The Kier molecular flexibility index (Phi) is 7.35. The summed E-state index contributed by atoms with van der Waals surface area (Å²) in [6.45, 7) is 4.98. The number of allylic oxidation sites excluding steroid dienone is 1. The van der Waals surface area contributed by atoms with E-state index in [4.69, 9.17) is 32.7 Å². The summed E-state index contributed by atoms with van der Waals surface area (Å²) >= 11 is 15.7. The van der Waals surface area contributed by atoms with Crippen molar-refractivity contribution in [1.82, 2.24) is 20.2 Å². The third-order valence-corrected chi connectivity index (χ3v) is 5.33. The highest BCUT2D eigenvalue weighted by atomic mass is 79.9. The molecule has 2 aromatic carbocycles. The molecule has 0 aliphatic carbocycles. The fourth-order valence-electron chi connectivity index (χ4n) is 2.53. The summed E-state index contributed by atoms with van der Waals surface area (Å²) in [5, 5.41) is 15.9. The maximum atomic E-state index is 6.21. The molecular weight excluding hydrogens is 481 g/mol. The topological polar surface area (TPSA) is 74.1 Å². The number of rotatable bonds is 9. The van der Waals surface area contributed by atoms with Crippen molar-refractivity contribution in [1.29, 1.82) is 0 Å². The van der Waals surface area contributed by atoms with Crippen molar-refractivity contribution in [3.63, 3.8) is 0 Å². The van der Waals surface area contributed by atoms with Crippen molar-refractivity contribution in [3.05, 3.63) is 68.6 Å². The molecule has 1 heterocycles. The summed E-state index contributed by atoms with van der Waals surface area (Å²) in [6, 6.07) is 9.03. The summed E-state index contributed by atoms with van der Waals surface area (Å²) in [5.74, 6) is 1.74. The minimum atomic E-state index is 0.284. The van der Waals surface area contributed by atoms with E-state index < -0.39 is 0 Å². The molecule has 0 saturated heterocycles. The van der Waals surface area contributed by atoms with Crippen molar-refractivity contribution in [2.24, 2.45) is 0 Å². The number of nitrogens with one attached hydrogen (secondary N) is 1. The smallest absolute Gasteiger partial charge is 0.243 e. The Labute approximate surface area is 186 Å². The first-order valence-electron chi connectivity index (χ1n) is 8.56. The predicted octanol–water partition coefficient (Wildman–Crippen LogP) is 5.13. The van der Waals surface area contributed by atoms with E-state index in [0.29, 0.717) is 40.6 Å². The molecular formula is C19H18BrCl2N5O2. The fourth-order valence-corrected chi connectivity index (χ4v) is 3.46. The molecule has 10 heteroatoms. The van der Waals surface area contributed by atoms with Crippen LogP contribution in [-0.4, -0.2) is 27.3 Å². The molecule has 3 aromatic rings. The molecule has 152 valence electrons. The highest BCUT2D eigenvalue weighted by Gasteiger charge is 2.13. The lowest BCUT2D eigenvalue weighted by Crippen LogP contribution is -2.09. The molecule has 0 fully saturated rings. The molecule has 29 heavy (non-hydrogen) atoms. The second-order valence-corrected chi connectivity index (χ2v) is 7.64. The first-order chi connectivity index (χ1) is 14.0. The second-order valence-electron chi connectivity index (χ2n) is 5.95. The molecule has 1 N–H and O–H groups in total. The molecule has 1 aromatic heterocycles. The van der Waals surface area contributed by atoms with Crippen LogP contribution in [0.1, 0.15) is 11.1 Å². The molecule has 3 rings (SSSR count). The highest BCUT2D eigenvalue weighted by molar-refractivity contribution is 9.10. The Morgan fingerprint density at radius 2 is 2.03 bits per heavy atom. The van der Waals surface area contributed by atoms with Crippen LogP contribution in [0.4, 0.5) is 5.95 Å². The highest BCUT2D eigenvalue weighted by Crippen LogP contribution is 2.35. The van der Waals surface area contributed by atoms with Crippen LogP contribution >= 0.6 is 39.1 Å². The van der Waals surface area contributed by atoms with Crippen molar-refractivity contribution < 1.29 is 9.47 Å². The number of hydrogen-bond donors (Lipinski definition) is 1. The van der Waals surface area contributed by atoms with Gasteiger partial charge in [-0.25, -0.2) is 4.68 Å². The molecule has 0 amide bonds. The van der Waals surface area contributed by atoms with Crippen LogP contribution < -0.4 is 14.8 Å². The van der Waals surface area contributed by atoms with Gasteiger partial charge in [0.2, 0.25) is 5.95 Å². The zero-order valence-electron chi connectivity index (χ0n) is 15.5. The summed E-state index contributed by atoms with van der Waals surface area (Å²) in [5.41, 5.74) is 1.78. The Morgan fingerprint density at radius 3 is 2.76 bits per heavy atom. The molecule has 0 saturated carbocycles. The van der Waals surface area contributed by atoms with Gasteiger partial charge >= 0.3 is 0 Å². The number of hydrogen-bond acceptors (Lipinski definition) is 6. The van der Waals surface area contributed by atoms with Crippen LogP contribution in [0.15, 0.2) is 47.5 Å². The number of halogens is 3. The van der Waals surface area contributed by atoms with E-state index in [1.165, 1.54) is 0 Å². The van der Waals surface area contributed by atoms with Crippen LogP contribution in [-0.2, 0) is 19.7 Å². The van der Waals surface area contributed by atoms with Crippen LogP contribution in [0.2, 0.25) is 10.0 Å². The van der Waals surface area contributed by atoms with Gasteiger partial charge in [0.05, 0.1) is 13.7 Å². The van der Waals surface area contributed by atoms with E-state index in [-0.39, 0.29) is 6.61 Å². The first kappa shape index (κ1) is 21.4. The van der Waals surface area contributed by atoms with Crippen LogP contribution in [0.5, 0.6) is 11.5 Å². The van der Waals surface area contributed by atoms with Crippen molar-refractivity contribution in [2.75, 3.05) is 12.4 Å². The fraction of sp³-hybridized carbons (Fsp3) is 0.211. The van der Waals surface area contributed by atoms with Gasteiger partial charge in [0.15, 0.2) is 11.5 Å². The normalized spacial score (nSPS) is 10.6. The Balaban J connectivity index is 1.73. The van der Waals surface area contributed by atoms with Gasteiger partial charge in [-0.15, -0.1) is 6.58 Å². The van der Waals surface area contributed by atoms with Gasteiger partial charge in [-0.3, -0.25) is 0 Å². The van der Waals surface area contributed by atoms with Gasteiger partial charge in [0.25, 0.3) is 0 Å². The lowest BCUT2D eigenvalue weighted by atomic mass is 10.2. The Morgan fingerprint density at radius 1 is 1.21 bits per heavy atom. The average Bonchev–Trinajstić information content (AvgIpc) is 3.14. The standard InChI is InChI=1S/C19H18BrCl2N5O2/c1-3-6-27-19(24-25-26-27)23-10-13-7-17(28-2)18(9-15(13)20)29-11-12-4-5-14(21)8-16(12)22/h3-5,7-9H,1,6,10-11H2,2H3,(H,23,24,26). The van der Waals surface area contributed by atoms with Gasteiger partial charge in [-0.2, -0.15) is 0 Å². The summed E-state index contributed by atoms with van der Waals surface area (Å²) in [4.78, 5) is 0. The lowest BCUT2D eigenvalue weighted by Gasteiger charge is -2.15. The predicted molar refractivity (Wildman–Crippen MR) is 117 cm³/mol. The minimum absolute atomic E-state index is 0.284. The van der Waals surface area contributed by atoms with Crippen molar-refractivity contribution in [3.8, 4) is 11.5 Å². The Hall–Kier alpha value is -2.29. The maximum Gasteiger partial charge on any atom is 0.243 e. The van der Waals surface area contributed by atoms with Gasteiger partial charge in [0.1, 0.15) is 6.61 Å². The van der Waals surface area contributed by atoms with E-state index in [0.717, 1.165) is 15.6 Å². The van der Waals surface area contributed by atoms with Crippen molar-refractivity contribution in [2.45, 2.75) is 19.7 Å². The molecule has 0 atom stereocenters. The van der Waals surface area contributed by atoms with Crippen LogP contribution in [0.25, 0.3) is 0 Å². The molecule has 0 aliphatic rings. The lowest BCUT2D eigenvalue weighted by molar-refractivity contribution is 0.284. The van der Waals surface area contributed by atoms with Gasteiger partial charge < -0.3 is 14.8 Å². The SMILES string of the molecule is C=CCn1nnnc1NCc1cc(OC)c(OCc2ccc(Cl)cc2Cl)cc1Br. The summed E-state index contributed by atoms with van der Waals surface area (Å²) in [6.07, 6.45) is 1.72. The van der Waals surface area contributed by atoms with Gasteiger partial charge in [0, 0.05) is 26.6 Å². The van der Waals surface area contributed by atoms with E-state index in [9.17, 15) is 0 Å². The maximum absolute atomic E-state index is 6.21. The number of tetrazole rings is 1. The van der Waals surface area contributed by atoms with Crippen LogP contribution in [0.3, 0.4) is 0 Å². The van der Waals surface area contributed by atoms with Crippen LogP contribution in [0, 0.1) is 0 Å². The minimum Gasteiger partial charge on any atom is -0.493 e. The third-order valence-electron chi connectivity index (χ3n) is 4.00. The molecule has 0 unspecified atom stereocenters. The van der Waals surface area contributed by atoms with Gasteiger partial charge in [-0.1, -0.05) is 56.4 Å². The third kappa shape index (κ3) is 5.41. The van der Waals surface area contributed by atoms with Crippen molar-refractivity contribution >= 4 is 45.1 Å². The number of methoxy groups -OCH3 is 1. The number of aromatic nitrogens is 4. The summed E-state index contributed by atoms with van der Waals surface area (Å²) < 4.78 is 13.9. The quantitative estimate of drug-likeness (QED) is 0.412. The number of nitrogens with zero attached hydrogens (tertiary/aromatic N) is 4. The number of benzene rings is 2. The molecule has 0 bridgehead atoms. The van der Waals surface area contributed by atoms with E-state index in [2.05, 4.69) is 43.4 Å². The summed E-state index contributed by atoms with van der Waals surface area (Å²) in [7, 11) is 1.59. The molecule has 0 aliphatic heterocycles. The molecule has 0 radical (unpaired) electrons. The van der Waals surface area contributed by atoms with E-state index in [1.54, 1.807) is 30.0 Å². The monoisotopic (exact) mass is 497 g/mol. The first-order valence-corrected chi connectivity index (χ1v) is 10.1. The zero-order valence-corrected chi connectivity index (χ0v) is 18.6. The second kappa shape index (κ2) is 9.96. The van der Waals surface area contributed by atoms with E-state index >= 15 is 0 Å². The van der Waals surface area contributed by atoms with E-state index in [1.807, 2.05) is 18.2 Å². The van der Waals surface area contributed by atoms with Gasteiger partial charge in [-0.05, 0) is 40.3 Å². The zero-order chi connectivity index (χ0) is 20.8. The average molecular weight is 499 g/mol. The number of anilines is 1. The number of ether oxygens (including phenoxy) is 2. The largest absolute Gasteiger partial charge is 0.493 e. The molecule has 7 nitrogen and oxygen atoms in total. The molecule has 0 spiro atoms. The Bertz CT molecular complexity index is 1010.